The van der Waals surface area contributed by atoms with Crippen LogP contribution in [0, 0.1) is 0 Å². The second kappa shape index (κ2) is 10.7. The predicted octanol–water partition coefficient (Wildman–Crippen LogP) is 1.41. The minimum atomic E-state index is -4.61. The van der Waals surface area contributed by atoms with E-state index in [4.69, 9.17) is 0 Å². The Bertz CT molecular complexity index is 1130. The molecule has 2 aromatic carbocycles. The summed E-state index contributed by atoms with van der Waals surface area (Å²) in [7, 11) is 0. The van der Waals surface area contributed by atoms with E-state index in [1.807, 2.05) is 0 Å². The van der Waals surface area contributed by atoms with Crippen molar-refractivity contribution in [2.75, 3.05) is 5.32 Å². The van der Waals surface area contributed by atoms with Crippen LogP contribution in [-0.4, -0.2) is 15.9 Å². The molecular weight excluding hydrogens is 442 g/mol. The Morgan fingerprint density at radius 1 is 0.970 bits per heavy atom. The smallest absolute Gasteiger partial charge is 0.545 e. The van der Waals surface area contributed by atoms with Crippen LogP contribution < -0.4 is 40.0 Å². The Morgan fingerprint density at radius 2 is 1.67 bits per heavy atom. The number of hydrogen-bond donors (Lipinski definition) is 1. The van der Waals surface area contributed by atoms with Gasteiger partial charge in [0.15, 0.2) is 0 Å². The van der Waals surface area contributed by atoms with Crippen molar-refractivity contribution in [3.05, 3.63) is 76.7 Å². The van der Waals surface area contributed by atoms with Crippen LogP contribution in [-0.2, 0) is 25.6 Å². The molecule has 1 heterocycles. The molecule has 1 aromatic heterocycles. The second-order valence-corrected chi connectivity index (χ2v) is 7.76. The van der Waals surface area contributed by atoms with Gasteiger partial charge in [-0.3, -0.25) is 0 Å². The zero-order chi connectivity index (χ0) is 22.7. The van der Waals surface area contributed by atoms with E-state index in [0.29, 0.717) is 29.7 Å². The van der Waals surface area contributed by atoms with Crippen molar-refractivity contribution in [3.63, 3.8) is 0 Å². The molecule has 1 N–H and O–H groups in total. The number of anilines is 1. The second-order valence-electron chi connectivity index (χ2n) is 7.76. The molecule has 9 heteroatoms. The average molecular weight is 463 g/mol. The number of fused-ring (bicyclic) bond motifs is 1. The minimum absolute atomic E-state index is 0. The number of aromatic nitrogens is 2. The molecule has 3 aromatic rings. The Balaban J connectivity index is 0.00000306. The van der Waals surface area contributed by atoms with Gasteiger partial charge < -0.3 is 15.2 Å². The molecule has 0 spiro atoms. The van der Waals surface area contributed by atoms with E-state index in [1.54, 1.807) is 42.5 Å². The fraction of sp³-hybridized carbons (Fsp3) is 0.292. The van der Waals surface area contributed by atoms with Crippen LogP contribution >= 0.6 is 0 Å². The third-order valence-electron chi connectivity index (χ3n) is 5.56. The number of rotatable bonds is 5. The Kier molecular flexibility index (Phi) is 8.15. The fourth-order valence-corrected chi connectivity index (χ4v) is 3.94. The molecule has 33 heavy (non-hydrogen) atoms. The minimum Gasteiger partial charge on any atom is -0.545 e. The summed E-state index contributed by atoms with van der Waals surface area (Å²) in [6.45, 7) is 0.281. The van der Waals surface area contributed by atoms with E-state index in [9.17, 15) is 23.1 Å². The van der Waals surface area contributed by atoms with Crippen molar-refractivity contribution >= 4 is 11.8 Å². The van der Waals surface area contributed by atoms with Gasteiger partial charge in [0.25, 0.3) is 0 Å². The summed E-state index contributed by atoms with van der Waals surface area (Å²) in [5.74, 6) is -2.14. The summed E-state index contributed by atoms with van der Waals surface area (Å²) in [6.07, 6.45) is -0.785. The predicted molar refractivity (Wildman–Crippen MR) is 112 cm³/mol. The molecular formula is C24H21F3N3NaO2. The molecule has 0 amide bonds. The molecule has 1 aliphatic carbocycles. The molecule has 0 fully saturated rings. The number of alkyl halides is 3. The molecule has 0 aliphatic heterocycles. The number of benzene rings is 2. The number of carboxylic acids is 1. The molecule has 0 saturated carbocycles. The molecule has 0 radical (unpaired) electrons. The van der Waals surface area contributed by atoms with Gasteiger partial charge in [0.1, 0.15) is 5.82 Å². The molecule has 0 unspecified atom stereocenters. The SMILES string of the molecule is O=C([O-])c1ccccc1-c1ccc(CNc2nc(C(F)(F)F)nc3c2CCCCC3)cc1.[Na+]. The number of carboxylic acid groups (broad SMARTS) is 1. The number of nitrogens with one attached hydrogen (secondary N) is 1. The molecule has 166 valence electrons. The van der Waals surface area contributed by atoms with Gasteiger partial charge in [0.2, 0.25) is 5.82 Å². The van der Waals surface area contributed by atoms with Crippen LogP contribution in [0.15, 0.2) is 48.5 Å². The van der Waals surface area contributed by atoms with Gasteiger partial charge in [-0.05, 0) is 42.4 Å². The Labute approximate surface area is 211 Å². The Hall–Kier alpha value is -2.42. The summed E-state index contributed by atoms with van der Waals surface area (Å²) < 4.78 is 39.9. The molecule has 0 atom stereocenters. The van der Waals surface area contributed by atoms with E-state index < -0.39 is 18.0 Å². The number of carbonyl (C=O) groups excluding carboxylic acids is 1. The third-order valence-corrected chi connectivity index (χ3v) is 5.56. The van der Waals surface area contributed by atoms with Gasteiger partial charge in [-0.2, -0.15) is 13.2 Å². The quantitative estimate of drug-likeness (QED) is 0.458. The first-order chi connectivity index (χ1) is 15.3. The van der Waals surface area contributed by atoms with E-state index in [1.165, 1.54) is 6.07 Å². The monoisotopic (exact) mass is 463 g/mol. The van der Waals surface area contributed by atoms with Crippen molar-refractivity contribution in [1.82, 2.24) is 9.97 Å². The molecule has 0 bridgehead atoms. The van der Waals surface area contributed by atoms with Crippen molar-refractivity contribution in [3.8, 4) is 11.1 Å². The van der Waals surface area contributed by atoms with Crippen LogP contribution in [0.2, 0.25) is 0 Å². The number of aromatic carboxylic acids is 1. The fourth-order valence-electron chi connectivity index (χ4n) is 3.94. The maximum atomic E-state index is 13.3. The summed E-state index contributed by atoms with van der Waals surface area (Å²) in [5, 5.41) is 14.4. The summed E-state index contributed by atoms with van der Waals surface area (Å²) in [5.41, 5.74) is 3.42. The number of hydrogen-bond acceptors (Lipinski definition) is 5. The van der Waals surface area contributed by atoms with Crippen LogP contribution in [0.4, 0.5) is 19.0 Å². The normalized spacial score (nSPS) is 13.4. The maximum Gasteiger partial charge on any atom is 1.00 e. The van der Waals surface area contributed by atoms with Crippen molar-refractivity contribution in [2.24, 2.45) is 0 Å². The van der Waals surface area contributed by atoms with Gasteiger partial charge >= 0.3 is 35.7 Å². The van der Waals surface area contributed by atoms with Crippen molar-refractivity contribution in [2.45, 2.75) is 44.8 Å². The topological polar surface area (TPSA) is 77.9 Å². The van der Waals surface area contributed by atoms with Gasteiger partial charge in [-0.25, -0.2) is 9.97 Å². The van der Waals surface area contributed by atoms with Crippen LogP contribution in [0.1, 0.15) is 52.3 Å². The van der Waals surface area contributed by atoms with Crippen LogP contribution in [0.3, 0.4) is 0 Å². The maximum absolute atomic E-state index is 13.3. The zero-order valence-electron chi connectivity index (χ0n) is 18.2. The third kappa shape index (κ3) is 5.93. The van der Waals surface area contributed by atoms with E-state index in [0.717, 1.165) is 30.4 Å². The first kappa shape index (κ1) is 25.2. The summed E-state index contributed by atoms with van der Waals surface area (Å²) in [4.78, 5) is 18.9. The van der Waals surface area contributed by atoms with Crippen molar-refractivity contribution < 1.29 is 52.6 Å². The van der Waals surface area contributed by atoms with Crippen LogP contribution in [0.5, 0.6) is 0 Å². The van der Waals surface area contributed by atoms with Crippen LogP contribution in [0.25, 0.3) is 11.1 Å². The Morgan fingerprint density at radius 3 is 2.36 bits per heavy atom. The number of aryl methyl sites for hydroxylation is 1. The number of nitrogens with zero attached hydrogens (tertiary/aromatic N) is 2. The largest absolute Gasteiger partial charge is 1.00 e. The first-order valence-electron chi connectivity index (χ1n) is 10.4. The van der Waals surface area contributed by atoms with E-state index >= 15 is 0 Å². The first-order valence-corrected chi connectivity index (χ1v) is 10.4. The zero-order valence-corrected chi connectivity index (χ0v) is 20.2. The van der Waals surface area contributed by atoms with Gasteiger partial charge in [0.05, 0.1) is 5.97 Å². The molecule has 5 nitrogen and oxygen atoms in total. The average Bonchev–Trinajstić information content (AvgIpc) is 3.03. The van der Waals surface area contributed by atoms with E-state index in [2.05, 4.69) is 15.3 Å². The number of carbonyl (C=O) groups is 1. The molecule has 0 saturated heterocycles. The van der Waals surface area contributed by atoms with Gasteiger partial charge in [0, 0.05) is 23.4 Å². The van der Waals surface area contributed by atoms with Gasteiger partial charge in [-0.15, -0.1) is 0 Å². The summed E-state index contributed by atoms with van der Waals surface area (Å²) >= 11 is 0. The standard InChI is InChI=1S/C24H22F3N3O2.Na/c25-24(26,27)23-29-20-9-3-1-2-8-19(20)21(30-23)28-14-15-10-12-16(13-11-15)17-6-4-5-7-18(17)22(31)32;/h4-7,10-13H,1-3,8-9,14H2,(H,31,32)(H,28,29,30);/q;+1/p-1. The molecule has 4 rings (SSSR count). The van der Waals surface area contributed by atoms with E-state index in [-0.39, 0.29) is 47.5 Å². The summed E-state index contributed by atoms with van der Waals surface area (Å²) in [6, 6.07) is 13.7. The van der Waals surface area contributed by atoms with Crippen molar-refractivity contribution in [1.29, 1.82) is 0 Å². The van der Waals surface area contributed by atoms with Gasteiger partial charge in [-0.1, -0.05) is 55.0 Å². The number of halogens is 3. The molecule has 1 aliphatic rings.